The summed E-state index contributed by atoms with van der Waals surface area (Å²) in [5.74, 6) is 0.638. The van der Waals surface area contributed by atoms with E-state index in [4.69, 9.17) is 4.74 Å². The van der Waals surface area contributed by atoms with Crippen LogP contribution in [0.3, 0.4) is 0 Å². The van der Waals surface area contributed by atoms with Crippen LogP contribution in [-0.2, 0) is 4.74 Å². The second-order valence-electron chi connectivity index (χ2n) is 7.11. The van der Waals surface area contributed by atoms with Crippen LogP contribution in [0.4, 0.5) is 5.69 Å². The van der Waals surface area contributed by atoms with Crippen LogP contribution in [0, 0.1) is 0 Å². The van der Waals surface area contributed by atoms with Gasteiger partial charge in [0.25, 0.3) is 0 Å². The van der Waals surface area contributed by atoms with Crippen molar-refractivity contribution in [2.45, 2.75) is 18.9 Å². The van der Waals surface area contributed by atoms with Crippen molar-refractivity contribution in [1.82, 2.24) is 14.8 Å². The first-order chi connectivity index (χ1) is 15.3. The average Bonchev–Trinajstić information content (AvgIpc) is 3.37. The third kappa shape index (κ3) is 5.20. The maximum Gasteiger partial charge on any atom is 0.212 e. The first-order valence-corrected chi connectivity index (χ1v) is 10.5. The molecule has 0 radical (unpaired) electrons. The first kappa shape index (κ1) is 20.4. The van der Waals surface area contributed by atoms with E-state index < -0.39 is 0 Å². The molecule has 4 aromatic rings. The number of anilines is 1. The predicted molar refractivity (Wildman–Crippen MR) is 124 cm³/mol. The van der Waals surface area contributed by atoms with E-state index in [0.717, 1.165) is 5.69 Å². The number of para-hydroxylation sites is 1. The van der Waals surface area contributed by atoms with Crippen molar-refractivity contribution in [2.75, 3.05) is 11.9 Å². The Labute approximate surface area is 183 Å². The van der Waals surface area contributed by atoms with Gasteiger partial charge in [-0.15, -0.1) is 0 Å². The van der Waals surface area contributed by atoms with Crippen LogP contribution in [0.15, 0.2) is 110 Å². The summed E-state index contributed by atoms with van der Waals surface area (Å²) in [7, 11) is 0. The molecule has 0 aliphatic rings. The van der Waals surface area contributed by atoms with Crippen LogP contribution in [0.2, 0.25) is 0 Å². The zero-order valence-electron chi connectivity index (χ0n) is 17.5. The van der Waals surface area contributed by atoms with Crippen molar-refractivity contribution < 1.29 is 4.74 Å². The molecule has 0 aliphatic heterocycles. The Bertz CT molecular complexity index is 1060. The lowest BCUT2D eigenvalue weighted by molar-refractivity contribution is 0.270. The van der Waals surface area contributed by atoms with Gasteiger partial charge >= 0.3 is 0 Å². The Morgan fingerprint density at radius 2 is 1.52 bits per heavy atom. The molecule has 5 nitrogen and oxygen atoms in total. The number of rotatable bonds is 9. The number of hydrogen-bond acceptors (Lipinski definition) is 4. The topological polar surface area (TPSA) is 52.0 Å². The fourth-order valence-electron chi connectivity index (χ4n) is 3.63. The molecule has 0 saturated carbocycles. The second-order valence-corrected chi connectivity index (χ2v) is 7.11. The van der Waals surface area contributed by atoms with Gasteiger partial charge in [-0.2, -0.15) is 9.78 Å². The largest absolute Gasteiger partial charge is 0.478 e. The van der Waals surface area contributed by atoms with Crippen LogP contribution in [-0.4, -0.2) is 21.4 Å². The molecule has 4 rings (SSSR count). The van der Waals surface area contributed by atoms with Crippen molar-refractivity contribution in [2.24, 2.45) is 0 Å². The lowest BCUT2D eigenvalue weighted by Gasteiger charge is -2.28. The zero-order valence-corrected chi connectivity index (χ0v) is 17.5. The Morgan fingerprint density at radius 1 is 0.903 bits per heavy atom. The van der Waals surface area contributed by atoms with Crippen LogP contribution < -0.4 is 5.32 Å². The van der Waals surface area contributed by atoms with Gasteiger partial charge in [-0.25, -0.2) is 4.98 Å². The van der Waals surface area contributed by atoms with Gasteiger partial charge in [-0.05, 0) is 36.3 Å². The van der Waals surface area contributed by atoms with E-state index in [2.05, 4.69) is 82.1 Å². The fraction of sp³-hybridized carbons (Fsp3) is 0.154. The van der Waals surface area contributed by atoms with Crippen LogP contribution in [0.5, 0.6) is 0 Å². The number of nitrogens with zero attached hydrogens (tertiary/aromatic N) is 3. The summed E-state index contributed by atoms with van der Waals surface area (Å²) in [4.78, 5) is 4.09. The van der Waals surface area contributed by atoms with Crippen LogP contribution in [0.25, 0.3) is 5.88 Å². The fourth-order valence-corrected chi connectivity index (χ4v) is 3.63. The average molecular weight is 411 g/mol. The van der Waals surface area contributed by atoms with E-state index in [1.807, 2.05) is 37.3 Å². The Kier molecular flexibility index (Phi) is 6.75. The highest BCUT2D eigenvalue weighted by Crippen LogP contribution is 2.36. The van der Waals surface area contributed by atoms with E-state index in [9.17, 15) is 0 Å². The summed E-state index contributed by atoms with van der Waals surface area (Å²) < 4.78 is 7.64. The number of benzene rings is 3. The number of nitrogens with one attached hydrogen (secondary N) is 1. The van der Waals surface area contributed by atoms with Crippen molar-refractivity contribution in [1.29, 1.82) is 0 Å². The Morgan fingerprint density at radius 3 is 2.10 bits per heavy atom. The number of aromatic nitrogens is 3. The summed E-state index contributed by atoms with van der Waals surface area (Å²) in [6, 6.07) is 31.2. The number of hydrogen-bond donors (Lipinski definition) is 1. The Hall–Kier alpha value is -3.86. The molecular formula is C26H26N4O. The molecule has 0 fully saturated rings. The van der Waals surface area contributed by atoms with Crippen LogP contribution >= 0.6 is 0 Å². The smallest absolute Gasteiger partial charge is 0.212 e. The molecule has 0 bridgehead atoms. The van der Waals surface area contributed by atoms with Gasteiger partial charge in [0, 0.05) is 11.6 Å². The molecule has 1 heterocycles. The monoisotopic (exact) mass is 410 g/mol. The first-order valence-electron chi connectivity index (χ1n) is 10.5. The molecular weight excluding hydrogens is 384 g/mol. The highest BCUT2D eigenvalue weighted by Gasteiger charge is 2.25. The molecule has 0 aliphatic carbocycles. The van der Waals surface area contributed by atoms with Crippen molar-refractivity contribution in [3.05, 3.63) is 121 Å². The van der Waals surface area contributed by atoms with Gasteiger partial charge in [-0.1, -0.05) is 78.9 Å². The molecule has 1 N–H and O–H groups in total. The van der Waals surface area contributed by atoms with Crippen LogP contribution in [0.1, 0.15) is 30.0 Å². The lowest BCUT2D eigenvalue weighted by Crippen LogP contribution is -2.20. The summed E-state index contributed by atoms with van der Waals surface area (Å²) in [6.45, 7) is 2.51. The van der Waals surface area contributed by atoms with Crippen molar-refractivity contribution in [3.8, 4) is 0 Å². The maximum atomic E-state index is 5.97. The third-order valence-corrected chi connectivity index (χ3v) is 5.06. The van der Waals surface area contributed by atoms with Crippen molar-refractivity contribution in [3.63, 3.8) is 0 Å². The normalized spacial score (nSPS) is 13.4. The second kappa shape index (κ2) is 10.3. The Balaban J connectivity index is 1.83. The minimum atomic E-state index is -0.0232. The highest BCUT2D eigenvalue weighted by atomic mass is 16.5. The molecule has 2 unspecified atom stereocenters. The molecule has 0 amide bonds. The molecule has 0 spiro atoms. The minimum absolute atomic E-state index is 0.0189. The predicted octanol–water partition coefficient (Wildman–Crippen LogP) is 5.75. The van der Waals surface area contributed by atoms with E-state index in [1.54, 1.807) is 11.0 Å². The molecule has 2 atom stereocenters. The molecule has 0 saturated heterocycles. The van der Waals surface area contributed by atoms with Gasteiger partial charge in [0.2, 0.25) is 5.88 Å². The van der Waals surface area contributed by atoms with E-state index in [-0.39, 0.29) is 12.0 Å². The molecule has 31 heavy (non-hydrogen) atoms. The van der Waals surface area contributed by atoms with E-state index >= 15 is 0 Å². The molecule has 1 aromatic heterocycles. The van der Waals surface area contributed by atoms with Gasteiger partial charge < -0.3 is 10.1 Å². The van der Waals surface area contributed by atoms with Gasteiger partial charge in [0.15, 0.2) is 0 Å². The molecule has 5 heteroatoms. The standard InChI is InChI=1S/C26H26N4O/c1-2-31-25(30-20-27-19-28-30)18-24(21-12-6-3-7-13-21)26(22-14-8-4-9-15-22)29-23-16-10-5-11-17-23/h3-20,24,26,29H,2H2,1H3/b25-18-. The van der Waals surface area contributed by atoms with Crippen molar-refractivity contribution >= 4 is 11.6 Å². The summed E-state index contributed by atoms with van der Waals surface area (Å²) in [5.41, 5.74) is 3.42. The minimum Gasteiger partial charge on any atom is -0.478 e. The number of ether oxygens (including phenoxy) is 1. The zero-order chi connectivity index (χ0) is 21.3. The summed E-state index contributed by atoms with van der Waals surface area (Å²) in [6.07, 6.45) is 5.30. The highest BCUT2D eigenvalue weighted by molar-refractivity contribution is 5.50. The van der Waals surface area contributed by atoms with E-state index in [0.29, 0.717) is 12.5 Å². The van der Waals surface area contributed by atoms with Gasteiger partial charge in [-0.3, -0.25) is 0 Å². The third-order valence-electron chi connectivity index (χ3n) is 5.06. The molecule has 156 valence electrons. The summed E-state index contributed by atoms with van der Waals surface area (Å²) >= 11 is 0. The van der Waals surface area contributed by atoms with E-state index in [1.165, 1.54) is 17.5 Å². The molecule has 3 aromatic carbocycles. The SMILES string of the molecule is CCO/C(=C\C(c1ccccc1)C(Nc1ccccc1)c1ccccc1)n1cncn1. The van der Waals surface area contributed by atoms with Gasteiger partial charge in [0.05, 0.1) is 12.6 Å². The van der Waals surface area contributed by atoms with Gasteiger partial charge in [0.1, 0.15) is 12.7 Å². The quantitative estimate of drug-likeness (QED) is 0.357. The maximum absolute atomic E-state index is 5.97. The summed E-state index contributed by atoms with van der Waals surface area (Å²) in [5, 5.41) is 8.03. The lowest BCUT2D eigenvalue weighted by atomic mass is 9.86.